The zero-order chi connectivity index (χ0) is 14.3. The van der Waals surface area contributed by atoms with E-state index in [9.17, 15) is 4.79 Å². The van der Waals surface area contributed by atoms with E-state index in [1.807, 2.05) is 26.0 Å². The number of amides is 1. The number of nitrogens with two attached hydrogens (primary N) is 1. The molecule has 0 heterocycles. The first-order chi connectivity index (χ1) is 9.10. The lowest BCUT2D eigenvalue weighted by atomic mass is 10.1. The minimum absolute atomic E-state index is 0.0455. The summed E-state index contributed by atoms with van der Waals surface area (Å²) in [5.74, 6) is 1.01. The fraction of sp³-hybridized carbons (Fsp3) is 0.533. The average molecular weight is 280 g/mol. The largest absolute Gasteiger partial charge is 0.330 e. The van der Waals surface area contributed by atoms with Crippen LogP contribution >= 0.6 is 11.8 Å². The van der Waals surface area contributed by atoms with Gasteiger partial charge in [0.05, 0.1) is 5.25 Å². The number of rotatable bonds is 7. The smallest absolute Gasteiger partial charge is 0.237 e. The Morgan fingerprint density at radius 2 is 2.21 bits per heavy atom. The van der Waals surface area contributed by atoms with Crippen LogP contribution in [0.1, 0.15) is 31.4 Å². The van der Waals surface area contributed by atoms with Crippen molar-refractivity contribution in [2.45, 2.75) is 38.9 Å². The molecular formula is C15H24N2OS. The Hall–Kier alpha value is -1.000. The maximum Gasteiger partial charge on any atom is 0.237 e. The zero-order valence-corrected chi connectivity index (χ0v) is 12.8. The summed E-state index contributed by atoms with van der Waals surface area (Å²) in [5.41, 5.74) is 8.74. The standard InChI is InChI=1S/C15H24N2OS/c1-4-13-8-5-7-11(2)14(13)17-15(18)12(3)19-10-6-9-16/h5,7-8,12H,4,6,9-10,16H2,1-3H3,(H,17,18). The van der Waals surface area contributed by atoms with Gasteiger partial charge in [0.15, 0.2) is 0 Å². The van der Waals surface area contributed by atoms with E-state index < -0.39 is 0 Å². The van der Waals surface area contributed by atoms with Gasteiger partial charge in [-0.15, -0.1) is 11.8 Å². The van der Waals surface area contributed by atoms with E-state index >= 15 is 0 Å². The molecule has 1 amide bonds. The summed E-state index contributed by atoms with van der Waals surface area (Å²) in [6.07, 6.45) is 1.87. The van der Waals surface area contributed by atoms with Gasteiger partial charge in [0.25, 0.3) is 0 Å². The first-order valence-electron chi connectivity index (χ1n) is 6.81. The van der Waals surface area contributed by atoms with Crippen LogP contribution in [0.15, 0.2) is 18.2 Å². The second-order valence-corrected chi connectivity index (χ2v) is 6.06. The SMILES string of the molecule is CCc1cccc(C)c1NC(=O)C(C)SCCCN. The molecule has 0 aliphatic carbocycles. The van der Waals surface area contributed by atoms with Crippen molar-refractivity contribution in [1.82, 2.24) is 0 Å². The van der Waals surface area contributed by atoms with Crippen LogP contribution in [0.5, 0.6) is 0 Å². The second-order valence-electron chi connectivity index (χ2n) is 4.61. The molecule has 1 rings (SSSR count). The Balaban J connectivity index is 2.66. The summed E-state index contributed by atoms with van der Waals surface area (Å²) in [5, 5.41) is 3.02. The summed E-state index contributed by atoms with van der Waals surface area (Å²) in [4.78, 5) is 12.2. The molecule has 0 bridgehead atoms. The highest BCUT2D eigenvalue weighted by Gasteiger charge is 2.15. The second kappa shape index (κ2) is 8.23. The van der Waals surface area contributed by atoms with Crippen LogP contribution in [0.3, 0.4) is 0 Å². The highest BCUT2D eigenvalue weighted by Crippen LogP contribution is 2.22. The predicted molar refractivity (Wildman–Crippen MR) is 84.8 cm³/mol. The number of carbonyl (C=O) groups excluding carboxylic acids is 1. The van der Waals surface area contributed by atoms with Gasteiger partial charge in [0.2, 0.25) is 5.91 Å². The van der Waals surface area contributed by atoms with Gasteiger partial charge in [0.1, 0.15) is 0 Å². The Bertz CT molecular complexity index is 421. The quantitative estimate of drug-likeness (QED) is 0.755. The van der Waals surface area contributed by atoms with Crippen molar-refractivity contribution in [3.05, 3.63) is 29.3 Å². The van der Waals surface area contributed by atoms with Crippen molar-refractivity contribution in [2.75, 3.05) is 17.6 Å². The van der Waals surface area contributed by atoms with Gasteiger partial charge in [-0.25, -0.2) is 0 Å². The van der Waals surface area contributed by atoms with Crippen LogP contribution in [0.2, 0.25) is 0 Å². The molecule has 0 radical (unpaired) electrons. The Kier molecular flexibility index (Phi) is 6.95. The molecule has 0 aliphatic rings. The van der Waals surface area contributed by atoms with E-state index in [-0.39, 0.29) is 11.2 Å². The third-order valence-electron chi connectivity index (χ3n) is 3.07. The maximum atomic E-state index is 12.2. The molecule has 4 heteroatoms. The van der Waals surface area contributed by atoms with Crippen LogP contribution in [0.25, 0.3) is 0 Å². The molecule has 19 heavy (non-hydrogen) atoms. The average Bonchev–Trinajstić information content (AvgIpc) is 2.41. The highest BCUT2D eigenvalue weighted by atomic mass is 32.2. The molecule has 0 aliphatic heterocycles. The number of hydrogen-bond acceptors (Lipinski definition) is 3. The van der Waals surface area contributed by atoms with Crippen LogP contribution in [0.4, 0.5) is 5.69 Å². The first kappa shape index (κ1) is 16.1. The van der Waals surface area contributed by atoms with E-state index in [0.717, 1.165) is 29.8 Å². The normalized spacial score (nSPS) is 12.2. The number of thioether (sulfide) groups is 1. The topological polar surface area (TPSA) is 55.1 Å². The molecule has 3 nitrogen and oxygen atoms in total. The number of aryl methyl sites for hydroxylation is 2. The molecule has 1 aromatic rings. The molecule has 106 valence electrons. The molecule has 1 aromatic carbocycles. The molecule has 3 N–H and O–H groups in total. The fourth-order valence-electron chi connectivity index (χ4n) is 1.85. The lowest BCUT2D eigenvalue weighted by molar-refractivity contribution is -0.115. The summed E-state index contributed by atoms with van der Waals surface area (Å²) < 4.78 is 0. The minimum atomic E-state index is -0.0455. The molecule has 1 atom stereocenters. The van der Waals surface area contributed by atoms with Crippen molar-refractivity contribution >= 4 is 23.4 Å². The summed E-state index contributed by atoms with van der Waals surface area (Å²) in [6.45, 7) is 6.75. The van der Waals surface area contributed by atoms with E-state index in [0.29, 0.717) is 6.54 Å². The number of hydrogen-bond donors (Lipinski definition) is 2. The lowest BCUT2D eigenvalue weighted by Crippen LogP contribution is -2.24. The molecule has 0 saturated carbocycles. The zero-order valence-electron chi connectivity index (χ0n) is 12.0. The molecule has 0 fully saturated rings. The Morgan fingerprint density at radius 1 is 1.47 bits per heavy atom. The van der Waals surface area contributed by atoms with Gasteiger partial charge in [-0.3, -0.25) is 4.79 Å². The van der Waals surface area contributed by atoms with Crippen LogP contribution in [0, 0.1) is 6.92 Å². The maximum absolute atomic E-state index is 12.2. The monoisotopic (exact) mass is 280 g/mol. The van der Waals surface area contributed by atoms with Gasteiger partial charge in [0, 0.05) is 5.69 Å². The molecule has 0 saturated heterocycles. The van der Waals surface area contributed by atoms with Crippen molar-refractivity contribution in [3.8, 4) is 0 Å². The van der Waals surface area contributed by atoms with Crippen LogP contribution in [-0.4, -0.2) is 23.5 Å². The fourth-order valence-corrected chi connectivity index (χ4v) is 2.74. The van der Waals surface area contributed by atoms with Crippen molar-refractivity contribution in [2.24, 2.45) is 5.73 Å². The van der Waals surface area contributed by atoms with Gasteiger partial charge < -0.3 is 11.1 Å². The Morgan fingerprint density at radius 3 is 2.84 bits per heavy atom. The van der Waals surface area contributed by atoms with Gasteiger partial charge in [-0.05, 0) is 50.1 Å². The third kappa shape index (κ3) is 4.88. The number of para-hydroxylation sites is 1. The van der Waals surface area contributed by atoms with Gasteiger partial charge in [-0.1, -0.05) is 25.1 Å². The summed E-state index contributed by atoms with van der Waals surface area (Å²) >= 11 is 1.66. The van der Waals surface area contributed by atoms with E-state index in [1.54, 1.807) is 11.8 Å². The molecule has 1 unspecified atom stereocenters. The molecular weight excluding hydrogens is 256 g/mol. The molecule has 0 aromatic heterocycles. The first-order valence-corrected chi connectivity index (χ1v) is 7.86. The van der Waals surface area contributed by atoms with Crippen LogP contribution < -0.4 is 11.1 Å². The van der Waals surface area contributed by atoms with Crippen molar-refractivity contribution in [1.29, 1.82) is 0 Å². The van der Waals surface area contributed by atoms with Crippen molar-refractivity contribution < 1.29 is 4.79 Å². The summed E-state index contributed by atoms with van der Waals surface area (Å²) in [7, 11) is 0. The van der Waals surface area contributed by atoms with Crippen molar-refractivity contribution in [3.63, 3.8) is 0 Å². The van der Waals surface area contributed by atoms with Gasteiger partial charge in [-0.2, -0.15) is 0 Å². The predicted octanol–water partition coefficient (Wildman–Crippen LogP) is 2.97. The van der Waals surface area contributed by atoms with E-state index in [4.69, 9.17) is 5.73 Å². The van der Waals surface area contributed by atoms with E-state index in [1.165, 1.54) is 5.56 Å². The third-order valence-corrected chi connectivity index (χ3v) is 4.31. The minimum Gasteiger partial charge on any atom is -0.330 e. The van der Waals surface area contributed by atoms with E-state index in [2.05, 4.69) is 18.3 Å². The molecule has 0 spiro atoms. The number of anilines is 1. The lowest BCUT2D eigenvalue weighted by Gasteiger charge is -2.16. The summed E-state index contributed by atoms with van der Waals surface area (Å²) in [6, 6.07) is 6.12. The van der Waals surface area contributed by atoms with Gasteiger partial charge >= 0.3 is 0 Å². The number of nitrogens with one attached hydrogen (secondary N) is 1. The van der Waals surface area contributed by atoms with Crippen LogP contribution in [-0.2, 0) is 11.2 Å². The number of carbonyl (C=O) groups is 1. The highest BCUT2D eigenvalue weighted by molar-refractivity contribution is 8.00. The number of benzene rings is 1. The Labute approximate surface area is 120 Å².